The van der Waals surface area contributed by atoms with Crippen LogP contribution in [0.5, 0.6) is 5.75 Å². The molecule has 0 saturated heterocycles. The lowest BCUT2D eigenvalue weighted by molar-refractivity contribution is 0.0569. The smallest absolute Gasteiger partial charge is 0.260 e. The molecule has 2 heterocycles. The van der Waals surface area contributed by atoms with E-state index in [1.54, 1.807) is 0 Å². The van der Waals surface area contributed by atoms with Gasteiger partial charge in [-0.05, 0) is 110 Å². The molecule has 1 fully saturated rings. The van der Waals surface area contributed by atoms with Crippen LogP contribution in [-0.4, -0.2) is 48.4 Å². The number of aryl methyl sites for hydroxylation is 1. The summed E-state index contributed by atoms with van der Waals surface area (Å²) in [5, 5.41) is 11.5. The summed E-state index contributed by atoms with van der Waals surface area (Å²) in [6.45, 7) is 7.12. The molecule has 1 spiro atoms. The van der Waals surface area contributed by atoms with Crippen LogP contribution in [0.4, 0.5) is 5.69 Å². The number of hydrogen-bond donors (Lipinski definition) is 2. The molecule has 41 heavy (non-hydrogen) atoms. The number of anilines is 1. The van der Waals surface area contributed by atoms with E-state index in [0.29, 0.717) is 35.8 Å². The van der Waals surface area contributed by atoms with Gasteiger partial charge in [-0.15, -0.1) is 0 Å². The highest BCUT2D eigenvalue weighted by Crippen LogP contribution is 2.48. The zero-order chi connectivity index (χ0) is 28.7. The molecule has 2 aliphatic carbocycles. The number of nitrogens with one attached hydrogen (secondary N) is 1. The van der Waals surface area contributed by atoms with Crippen molar-refractivity contribution in [3.05, 3.63) is 58.1 Å². The second kappa shape index (κ2) is 11.9. The van der Waals surface area contributed by atoms with Crippen molar-refractivity contribution in [1.82, 2.24) is 4.72 Å². The van der Waals surface area contributed by atoms with Gasteiger partial charge in [-0.2, -0.15) is 0 Å². The van der Waals surface area contributed by atoms with Crippen LogP contribution in [0.25, 0.3) is 0 Å². The van der Waals surface area contributed by atoms with Crippen LogP contribution in [0.2, 0.25) is 5.02 Å². The highest BCUT2D eigenvalue weighted by molar-refractivity contribution is 8.13. The first kappa shape index (κ1) is 29.1. The van der Waals surface area contributed by atoms with E-state index in [2.05, 4.69) is 41.5 Å². The van der Waals surface area contributed by atoms with Crippen LogP contribution in [0.15, 0.2) is 36.4 Å². The number of rotatable bonds is 1. The number of benzene rings is 2. The van der Waals surface area contributed by atoms with Crippen LogP contribution in [0.3, 0.4) is 0 Å². The molecule has 5 nitrogen and oxygen atoms in total. The molecule has 222 valence electrons. The van der Waals surface area contributed by atoms with Crippen molar-refractivity contribution in [3.8, 4) is 5.75 Å². The van der Waals surface area contributed by atoms with Gasteiger partial charge in [0.15, 0.2) is 0 Å². The predicted molar refractivity (Wildman–Crippen MR) is 172 cm³/mol. The van der Waals surface area contributed by atoms with Crippen molar-refractivity contribution in [2.45, 2.75) is 75.9 Å². The predicted octanol–water partition coefficient (Wildman–Crippen LogP) is 7.00. The van der Waals surface area contributed by atoms with Crippen molar-refractivity contribution in [2.24, 2.45) is 23.7 Å². The minimum Gasteiger partial charge on any atom is -0.490 e. The van der Waals surface area contributed by atoms with Gasteiger partial charge in [0.05, 0.1) is 12.3 Å². The molecule has 2 bridgehead atoms. The summed E-state index contributed by atoms with van der Waals surface area (Å²) in [6, 6.07) is 12.3. The zero-order valence-electron chi connectivity index (χ0n) is 24.5. The molecular weight excluding hydrogens is 552 g/mol. The molecule has 1 saturated carbocycles. The van der Waals surface area contributed by atoms with E-state index in [1.807, 2.05) is 24.3 Å². The molecule has 7 heteroatoms. The fourth-order valence-electron chi connectivity index (χ4n) is 7.91. The molecule has 2 aromatic rings. The van der Waals surface area contributed by atoms with E-state index in [9.17, 15) is 9.90 Å². The number of ether oxygens (including phenoxy) is 1. The van der Waals surface area contributed by atoms with Crippen LogP contribution < -0.4 is 14.4 Å². The number of hydrogen-bond acceptors (Lipinski definition) is 4. The number of fused-ring (bicyclic) bond motifs is 4. The van der Waals surface area contributed by atoms with Gasteiger partial charge in [0, 0.05) is 40.9 Å². The minimum atomic E-state index is -0.485. The Hall–Kier alpha value is -2.02. The fourth-order valence-corrected chi connectivity index (χ4v) is 9.34. The minimum absolute atomic E-state index is 0.0595. The lowest BCUT2D eigenvalue weighted by Crippen LogP contribution is -2.49. The van der Waals surface area contributed by atoms with Crippen LogP contribution in [-0.2, 0) is 11.8 Å². The third kappa shape index (κ3) is 5.69. The fraction of sp³-hybridized carbons (Fsp3) is 0.588. The van der Waals surface area contributed by atoms with Crippen LogP contribution in [0.1, 0.15) is 80.3 Å². The third-order valence-corrected chi connectivity index (χ3v) is 12.8. The van der Waals surface area contributed by atoms with Crippen molar-refractivity contribution in [1.29, 1.82) is 0 Å². The van der Waals surface area contributed by atoms with Gasteiger partial charge < -0.3 is 19.5 Å². The molecule has 7 atom stereocenters. The molecule has 1 amide bonds. The summed E-state index contributed by atoms with van der Waals surface area (Å²) in [5.74, 6) is 7.02. The van der Waals surface area contributed by atoms with Gasteiger partial charge in [-0.25, -0.2) is 0 Å². The van der Waals surface area contributed by atoms with Gasteiger partial charge in [-0.3, -0.25) is 4.79 Å². The van der Waals surface area contributed by atoms with Crippen molar-refractivity contribution in [2.75, 3.05) is 31.2 Å². The van der Waals surface area contributed by atoms with Crippen molar-refractivity contribution < 1.29 is 14.6 Å². The van der Waals surface area contributed by atoms with Gasteiger partial charge in [0.25, 0.3) is 5.91 Å². The van der Waals surface area contributed by atoms with Crippen LogP contribution >= 0.6 is 22.3 Å². The van der Waals surface area contributed by atoms with Gasteiger partial charge in [0.1, 0.15) is 5.75 Å². The topological polar surface area (TPSA) is 61.8 Å². The average molecular weight is 597 g/mol. The van der Waals surface area contributed by atoms with E-state index in [1.165, 1.54) is 24.0 Å². The molecule has 6 unspecified atom stereocenters. The Labute approximate surface area is 253 Å². The van der Waals surface area contributed by atoms with Crippen LogP contribution in [0, 0.1) is 23.7 Å². The highest BCUT2D eigenvalue weighted by atomic mass is 35.5. The first-order valence-electron chi connectivity index (χ1n) is 15.5. The van der Waals surface area contributed by atoms with E-state index >= 15 is 0 Å². The summed E-state index contributed by atoms with van der Waals surface area (Å²) in [7, 11) is -0.485. The number of carbonyl (C=O) groups is 1. The Balaban J connectivity index is 1.40. The number of aliphatic hydroxyl groups excluding tert-OH is 1. The number of halogens is 1. The first-order chi connectivity index (χ1) is 19.8. The normalized spacial score (nSPS) is 34.0. The quantitative estimate of drug-likeness (QED) is 0.348. The van der Waals surface area contributed by atoms with Crippen molar-refractivity contribution >= 4 is 39.7 Å². The molecule has 6 rings (SSSR count). The molecule has 4 aliphatic rings. The number of nitrogens with zero attached hydrogens (tertiary/aromatic N) is 1. The number of aliphatic hydroxyl groups is 1. The first-order valence-corrected chi connectivity index (χ1v) is 17.4. The van der Waals surface area contributed by atoms with Gasteiger partial charge in [0.2, 0.25) is 0 Å². The maximum absolute atomic E-state index is 13.5. The third-order valence-electron chi connectivity index (χ3n) is 10.8. The lowest BCUT2D eigenvalue weighted by atomic mass is 9.65. The number of carbonyl (C=O) groups excluding carboxylic acids is 1. The molecule has 2 N–H and O–H groups in total. The maximum Gasteiger partial charge on any atom is 0.260 e. The largest absolute Gasteiger partial charge is 0.490 e. The Morgan fingerprint density at radius 3 is 2.78 bits per heavy atom. The Kier molecular flexibility index (Phi) is 8.46. The monoisotopic (exact) mass is 596 g/mol. The Morgan fingerprint density at radius 1 is 1.15 bits per heavy atom. The summed E-state index contributed by atoms with van der Waals surface area (Å²) < 4.78 is 9.87. The van der Waals surface area contributed by atoms with E-state index in [-0.39, 0.29) is 23.2 Å². The van der Waals surface area contributed by atoms with E-state index in [0.717, 1.165) is 68.1 Å². The number of amides is 1. The summed E-state index contributed by atoms with van der Waals surface area (Å²) in [5.41, 5.74) is 4.23. The lowest BCUT2D eigenvalue weighted by Gasteiger charge is -2.46. The highest BCUT2D eigenvalue weighted by Gasteiger charge is 2.44. The summed E-state index contributed by atoms with van der Waals surface area (Å²) in [6.07, 6.45) is 8.85. The maximum atomic E-state index is 13.5. The van der Waals surface area contributed by atoms with E-state index in [4.69, 9.17) is 16.3 Å². The average Bonchev–Trinajstić information content (AvgIpc) is 3.10. The second-order valence-electron chi connectivity index (χ2n) is 13.2. The van der Waals surface area contributed by atoms with Gasteiger partial charge >= 0.3 is 0 Å². The molecule has 0 radical (unpaired) electrons. The zero-order valence-corrected chi connectivity index (χ0v) is 26.1. The summed E-state index contributed by atoms with van der Waals surface area (Å²) >= 11 is 6.43. The van der Waals surface area contributed by atoms with E-state index < -0.39 is 10.7 Å². The standard InChI is InChI=1S/C34H45ClN2O3S/c1-22-6-4-7-27(19-38)29-12-9-26(29)18-37-20-34(15-5-8-24-16-28(35)11-13-30(24)34)21-40-32-14-10-25(17-31(32)37)33(39)36-41(3)23(22)2/h10-11,13-14,16-17,22-23,26-27,29,38H,3-9,12,15,18-21H2,1-2H3,(H,36,39)/t22?,23?,26?,27?,29?,34-,41?/m0/s1. The molecule has 2 aromatic carbocycles. The molecule has 0 aromatic heterocycles. The SMILES string of the molecule is C=S1NC(=O)c2ccc3c(c2)N(CC2CCC2C(CO)CCCC(C)C1C)C[C@@]1(CCCc2cc(Cl)ccc21)CO3. The Bertz CT molecular complexity index is 1320. The molecule has 2 aliphatic heterocycles. The summed E-state index contributed by atoms with van der Waals surface area (Å²) in [4.78, 5) is 16.0. The van der Waals surface area contributed by atoms with Crippen molar-refractivity contribution in [3.63, 3.8) is 0 Å². The molecular formula is C34H45ClN2O3S. The Morgan fingerprint density at radius 2 is 2.00 bits per heavy atom. The second-order valence-corrected chi connectivity index (χ2v) is 15.4. The van der Waals surface area contributed by atoms with Gasteiger partial charge in [-0.1, -0.05) is 54.5 Å².